The molecule has 0 aromatic carbocycles. The van der Waals surface area contributed by atoms with Crippen molar-refractivity contribution in [3.8, 4) is 0 Å². The van der Waals surface area contributed by atoms with E-state index >= 15 is 0 Å². The Morgan fingerprint density at radius 1 is 1.40 bits per heavy atom. The fourth-order valence-electron chi connectivity index (χ4n) is 1.59. The van der Waals surface area contributed by atoms with Crippen LogP contribution >= 0.6 is 11.3 Å². The molecule has 0 aliphatic heterocycles. The first kappa shape index (κ1) is 12.7. The van der Waals surface area contributed by atoms with Crippen molar-refractivity contribution in [3.63, 3.8) is 0 Å². The highest BCUT2D eigenvalue weighted by atomic mass is 32.1. The van der Waals surface area contributed by atoms with Crippen molar-refractivity contribution in [3.05, 3.63) is 21.9 Å². The molecule has 1 N–H and O–H groups in total. The SMILES string of the molecule is CNC(CCC(C)OC)c1ccc(C)s1. The number of hydrogen-bond acceptors (Lipinski definition) is 3. The first-order valence-corrected chi connectivity index (χ1v) is 6.25. The zero-order valence-corrected chi connectivity index (χ0v) is 10.9. The van der Waals surface area contributed by atoms with Gasteiger partial charge in [0.2, 0.25) is 0 Å². The Bertz CT molecular complexity index is 285. The van der Waals surface area contributed by atoms with Gasteiger partial charge in [-0.15, -0.1) is 11.3 Å². The van der Waals surface area contributed by atoms with Crippen LogP contribution in [0.2, 0.25) is 0 Å². The van der Waals surface area contributed by atoms with E-state index in [0.29, 0.717) is 12.1 Å². The molecule has 0 fully saturated rings. The summed E-state index contributed by atoms with van der Waals surface area (Å²) in [4.78, 5) is 2.81. The summed E-state index contributed by atoms with van der Waals surface area (Å²) in [5.74, 6) is 0. The minimum Gasteiger partial charge on any atom is -0.382 e. The molecule has 1 aromatic rings. The van der Waals surface area contributed by atoms with E-state index in [1.54, 1.807) is 7.11 Å². The van der Waals surface area contributed by atoms with Gasteiger partial charge in [0.1, 0.15) is 0 Å². The molecule has 3 heteroatoms. The van der Waals surface area contributed by atoms with E-state index in [2.05, 4.69) is 31.3 Å². The van der Waals surface area contributed by atoms with Crippen LogP contribution in [-0.2, 0) is 4.74 Å². The van der Waals surface area contributed by atoms with Crippen LogP contribution in [0.25, 0.3) is 0 Å². The Balaban J connectivity index is 2.49. The van der Waals surface area contributed by atoms with Gasteiger partial charge in [0, 0.05) is 22.9 Å². The number of ether oxygens (including phenoxy) is 1. The maximum Gasteiger partial charge on any atom is 0.0543 e. The fourth-order valence-corrected chi connectivity index (χ4v) is 2.61. The highest BCUT2D eigenvalue weighted by Gasteiger charge is 2.12. The van der Waals surface area contributed by atoms with E-state index in [9.17, 15) is 0 Å². The van der Waals surface area contributed by atoms with Gasteiger partial charge >= 0.3 is 0 Å². The van der Waals surface area contributed by atoms with Crippen LogP contribution in [-0.4, -0.2) is 20.3 Å². The molecule has 0 aliphatic rings. The molecule has 0 aliphatic carbocycles. The second-order valence-corrected chi connectivity index (χ2v) is 5.23. The van der Waals surface area contributed by atoms with E-state index in [4.69, 9.17) is 4.74 Å². The lowest BCUT2D eigenvalue weighted by atomic mass is 10.1. The van der Waals surface area contributed by atoms with E-state index in [0.717, 1.165) is 12.8 Å². The molecule has 1 rings (SSSR count). The van der Waals surface area contributed by atoms with Crippen LogP contribution in [0.15, 0.2) is 12.1 Å². The predicted octanol–water partition coefficient (Wildman–Crippen LogP) is 3.13. The maximum atomic E-state index is 5.26. The number of rotatable bonds is 6. The molecule has 2 atom stereocenters. The van der Waals surface area contributed by atoms with E-state index in [1.165, 1.54) is 9.75 Å². The van der Waals surface area contributed by atoms with Crippen molar-refractivity contribution in [1.82, 2.24) is 5.32 Å². The fraction of sp³-hybridized carbons (Fsp3) is 0.667. The van der Waals surface area contributed by atoms with Gasteiger partial charge < -0.3 is 10.1 Å². The van der Waals surface area contributed by atoms with Crippen LogP contribution in [0, 0.1) is 6.92 Å². The average Bonchev–Trinajstić information content (AvgIpc) is 2.65. The second kappa shape index (κ2) is 6.26. The second-order valence-electron chi connectivity index (χ2n) is 3.91. The molecular weight excluding hydrogens is 206 g/mol. The Kier molecular flexibility index (Phi) is 5.29. The molecule has 0 saturated carbocycles. The number of thiophene rings is 1. The molecule has 0 spiro atoms. The average molecular weight is 227 g/mol. The van der Waals surface area contributed by atoms with Crippen LogP contribution in [0.4, 0.5) is 0 Å². The Hall–Kier alpha value is -0.380. The van der Waals surface area contributed by atoms with Gasteiger partial charge in [-0.3, -0.25) is 0 Å². The summed E-state index contributed by atoms with van der Waals surface area (Å²) in [6.45, 7) is 4.27. The monoisotopic (exact) mass is 227 g/mol. The smallest absolute Gasteiger partial charge is 0.0543 e. The van der Waals surface area contributed by atoms with Crippen LogP contribution in [0.1, 0.15) is 35.6 Å². The van der Waals surface area contributed by atoms with Crippen molar-refractivity contribution in [1.29, 1.82) is 0 Å². The van der Waals surface area contributed by atoms with Gasteiger partial charge in [-0.05, 0) is 45.9 Å². The Morgan fingerprint density at radius 3 is 2.60 bits per heavy atom. The van der Waals surface area contributed by atoms with Crippen molar-refractivity contribution < 1.29 is 4.74 Å². The normalized spacial score (nSPS) is 15.2. The molecule has 1 heterocycles. The molecule has 0 radical (unpaired) electrons. The minimum atomic E-state index is 0.349. The summed E-state index contributed by atoms with van der Waals surface area (Å²) in [7, 11) is 3.80. The topological polar surface area (TPSA) is 21.3 Å². The third-order valence-corrected chi connectivity index (χ3v) is 3.83. The molecule has 0 saturated heterocycles. The van der Waals surface area contributed by atoms with Crippen molar-refractivity contribution in [2.45, 2.75) is 38.8 Å². The van der Waals surface area contributed by atoms with Gasteiger partial charge in [0.25, 0.3) is 0 Å². The lowest BCUT2D eigenvalue weighted by molar-refractivity contribution is 0.106. The Labute approximate surface area is 96.7 Å². The predicted molar refractivity (Wildman–Crippen MR) is 66.6 cm³/mol. The first-order chi connectivity index (χ1) is 7.17. The third kappa shape index (κ3) is 3.93. The summed E-state index contributed by atoms with van der Waals surface area (Å²) < 4.78 is 5.26. The Morgan fingerprint density at radius 2 is 2.13 bits per heavy atom. The summed E-state index contributed by atoms with van der Waals surface area (Å²) in [5, 5.41) is 3.37. The number of aryl methyl sites for hydroxylation is 1. The van der Waals surface area contributed by atoms with Gasteiger partial charge in [-0.2, -0.15) is 0 Å². The maximum absolute atomic E-state index is 5.26. The summed E-state index contributed by atoms with van der Waals surface area (Å²) in [6, 6.07) is 4.88. The molecule has 2 unspecified atom stereocenters. The lowest BCUT2D eigenvalue weighted by Crippen LogP contribution is -2.17. The van der Waals surface area contributed by atoms with Gasteiger partial charge in [-0.25, -0.2) is 0 Å². The van der Waals surface area contributed by atoms with Gasteiger partial charge in [0.15, 0.2) is 0 Å². The van der Waals surface area contributed by atoms with Crippen LogP contribution in [0.5, 0.6) is 0 Å². The summed E-state index contributed by atoms with van der Waals surface area (Å²) in [6.07, 6.45) is 2.58. The number of nitrogens with one attached hydrogen (secondary N) is 1. The van der Waals surface area contributed by atoms with E-state index < -0.39 is 0 Å². The van der Waals surface area contributed by atoms with Crippen molar-refractivity contribution in [2.75, 3.05) is 14.2 Å². The largest absolute Gasteiger partial charge is 0.382 e. The first-order valence-electron chi connectivity index (χ1n) is 5.43. The van der Waals surface area contributed by atoms with Crippen LogP contribution < -0.4 is 5.32 Å². The zero-order valence-electron chi connectivity index (χ0n) is 10.0. The van der Waals surface area contributed by atoms with Crippen molar-refractivity contribution >= 4 is 11.3 Å². The van der Waals surface area contributed by atoms with Gasteiger partial charge in [-0.1, -0.05) is 0 Å². The third-order valence-electron chi connectivity index (χ3n) is 2.72. The molecule has 2 nitrogen and oxygen atoms in total. The zero-order chi connectivity index (χ0) is 11.3. The molecule has 0 bridgehead atoms. The summed E-state index contributed by atoms with van der Waals surface area (Å²) >= 11 is 1.88. The molecule has 0 amide bonds. The molecular formula is C12H21NOS. The van der Waals surface area contributed by atoms with Gasteiger partial charge in [0.05, 0.1) is 6.10 Å². The minimum absolute atomic E-state index is 0.349. The lowest BCUT2D eigenvalue weighted by Gasteiger charge is -2.16. The van der Waals surface area contributed by atoms with Crippen LogP contribution in [0.3, 0.4) is 0 Å². The van der Waals surface area contributed by atoms with Crippen molar-refractivity contribution in [2.24, 2.45) is 0 Å². The standard InChI is InChI=1S/C12H21NOS/c1-9(14-4)5-7-11(13-3)12-8-6-10(2)15-12/h6,8-9,11,13H,5,7H2,1-4H3. The highest BCUT2D eigenvalue weighted by molar-refractivity contribution is 7.12. The van der Waals surface area contributed by atoms with E-state index in [-0.39, 0.29) is 0 Å². The molecule has 1 aromatic heterocycles. The summed E-state index contributed by atoms with van der Waals surface area (Å²) in [5.41, 5.74) is 0. The number of methoxy groups -OCH3 is 1. The number of hydrogen-bond donors (Lipinski definition) is 1. The molecule has 86 valence electrons. The van der Waals surface area contributed by atoms with E-state index in [1.807, 2.05) is 18.4 Å². The quantitative estimate of drug-likeness (QED) is 0.806. The highest BCUT2D eigenvalue weighted by Crippen LogP contribution is 2.26. The molecule has 15 heavy (non-hydrogen) atoms.